The molecular weight excluding hydrogens is 276 g/mol. The smallest absolute Gasteiger partial charge is 0.327 e. The number of carbonyl (C=O) groups is 1. The Hall–Kier alpha value is -1.71. The average molecular weight is 303 g/mol. The average Bonchev–Trinajstić information content (AvgIpc) is 2.70. The van der Waals surface area contributed by atoms with Crippen LogP contribution in [0.15, 0.2) is 23.3 Å². The van der Waals surface area contributed by atoms with Gasteiger partial charge in [-0.15, -0.1) is 0 Å². The number of fused-ring (bicyclic) bond motifs is 1. The lowest BCUT2D eigenvalue weighted by molar-refractivity contribution is -0.684. The molecule has 4 nitrogen and oxygen atoms in total. The van der Waals surface area contributed by atoms with Crippen LogP contribution in [-0.2, 0) is 21.5 Å². The first-order chi connectivity index (χ1) is 10.5. The van der Waals surface area contributed by atoms with Gasteiger partial charge in [0.25, 0.3) is 0 Å². The van der Waals surface area contributed by atoms with Crippen molar-refractivity contribution in [3.63, 3.8) is 0 Å². The van der Waals surface area contributed by atoms with Crippen LogP contribution >= 0.6 is 0 Å². The van der Waals surface area contributed by atoms with Gasteiger partial charge in [-0.25, -0.2) is 4.57 Å². The van der Waals surface area contributed by atoms with Crippen molar-refractivity contribution in [3.8, 4) is 0 Å². The van der Waals surface area contributed by atoms with E-state index in [4.69, 9.17) is 9.73 Å². The molecule has 0 aromatic carbocycles. The molecule has 0 bridgehead atoms. The van der Waals surface area contributed by atoms with Gasteiger partial charge in [0.2, 0.25) is 0 Å². The minimum atomic E-state index is -0.0854. The molecule has 0 atom stereocenters. The van der Waals surface area contributed by atoms with Crippen molar-refractivity contribution in [2.75, 3.05) is 6.61 Å². The van der Waals surface area contributed by atoms with Gasteiger partial charge >= 0.3 is 11.8 Å². The van der Waals surface area contributed by atoms with Crippen molar-refractivity contribution in [2.24, 2.45) is 4.99 Å². The van der Waals surface area contributed by atoms with Crippen molar-refractivity contribution in [3.05, 3.63) is 23.9 Å². The number of ether oxygens (including phenoxy) is 1. The fourth-order valence-electron chi connectivity index (χ4n) is 2.79. The van der Waals surface area contributed by atoms with Gasteiger partial charge in [-0.3, -0.25) is 4.79 Å². The van der Waals surface area contributed by atoms with Crippen LogP contribution in [0.1, 0.15) is 58.9 Å². The topological polar surface area (TPSA) is 42.5 Å². The summed E-state index contributed by atoms with van der Waals surface area (Å²) in [4.78, 5) is 16.1. The van der Waals surface area contributed by atoms with Crippen LogP contribution in [-0.4, -0.2) is 18.3 Å². The molecule has 4 heteroatoms. The molecule has 22 heavy (non-hydrogen) atoms. The third-order valence-corrected chi connectivity index (χ3v) is 4.48. The number of pyridine rings is 1. The van der Waals surface area contributed by atoms with Crippen molar-refractivity contribution < 1.29 is 14.1 Å². The van der Waals surface area contributed by atoms with Crippen molar-refractivity contribution in [2.45, 2.75) is 65.3 Å². The molecule has 1 aliphatic rings. The van der Waals surface area contributed by atoms with E-state index in [2.05, 4.69) is 43.7 Å². The Morgan fingerprint density at radius 2 is 2.09 bits per heavy atom. The highest BCUT2D eigenvalue weighted by molar-refractivity contribution is 5.98. The number of rotatable bonds is 7. The lowest BCUT2D eigenvalue weighted by Gasteiger charge is -2.15. The van der Waals surface area contributed by atoms with E-state index < -0.39 is 0 Å². The predicted molar refractivity (Wildman–Crippen MR) is 87.5 cm³/mol. The number of hydrogen-bond donors (Lipinski definition) is 0. The van der Waals surface area contributed by atoms with E-state index in [0.717, 1.165) is 31.6 Å². The first-order valence-corrected chi connectivity index (χ1v) is 8.21. The summed E-state index contributed by atoms with van der Waals surface area (Å²) in [6, 6.07) is 4.28. The van der Waals surface area contributed by atoms with Crippen LogP contribution in [0.5, 0.6) is 0 Å². The summed E-state index contributed by atoms with van der Waals surface area (Å²) in [5, 5.41) is 0. The number of aryl methyl sites for hydroxylation is 1. The van der Waals surface area contributed by atoms with E-state index in [-0.39, 0.29) is 11.4 Å². The number of aromatic nitrogens is 1. The maximum absolute atomic E-state index is 11.3. The summed E-state index contributed by atoms with van der Waals surface area (Å²) in [5.74, 6) is 1.01. The van der Waals surface area contributed by atoms with E-state index in [9.17, 15) is 4.79 Å². The second-order valence-corrected chi connectivity index (χ2v) is 6.38. The second kappa shape index (κ2) is 7.03. The molecule has 2 heterocycles. The summed E-state index contributed by atoms with van der Waals surface area (Å²) in [6.45, 7) is 9.80. The number of unbranched alkanes of at least 4 members (excludes halogenated alkanes) is 2. The zero-order chi connectivity index (χ0) is 16.2. The second-order valence-electron chi connectivity index (χ2n) is 6.38. The van der Waals surface area contributed by atoms with Crippen molar-refractivity contribution >= 4 is 17.5 Å². The molecule has 1 aliphatic heterocycles. The van der Waals surface area contributed by atoms with Crippen LogP contribution in [0.25, 0.3) is 0 Å². The third kappa shape index (κ3) is 3.54. The lowest BCUT2D eigenvalue weighted by Crippen LogP contribution is -2.34. The Morgan fingerprint density at radius 3 is 2.82 bits per heavy atom. The van der Waals surface area contributed by atoms with Crippen LogP contribution in [0.4, 0.5) is 5.82 Å². The van der Waals surface area contributed by atoms with Crippen LogP contribution in [0, 0.1) is 0 Å². The fourth-order valence-corrected chi connectivity index (χ4v) is 2.79. The Bertz CT molecular complexity index is 576. The van der Waals surface area contributed by atoms with E-state index in [1.54, 1.807) is 0 Å². The number of nitrogens with zero attached hydrogens (tertiary/aromatic N) is 2. The van der Waals surface area contributed by atoms with E-state index in [0.29, 0.717) is 13.0 Å². The number of aliphatic imine (C=N–C) groups is 1. The summed E-state index contributed by atoms with van der Waals surface area (Å²) < 4.78 is 7.17. The molecule has 0 fully saturated rings. The molecule has 0 saturated carbocycles. The molecule has 0 aliphatic carbocycles. The Balaban J connectivity index is 1.88. The van der Waals surface area contributed by atoms with Crippen molar-refractivity contribution in [1.82, 2.24) is 0 Å². The standard InChI is InChI=1S/C18H27N2O2/c1-5-22-16(21)11-7-6-8-12-20-13-9-10-15-17(20)19-14(2)18(15,3)4/h9-10,13H,5-8,11-12H2,1-4H3/q+1. The molecule has 120 valence electrons. The highest BCUT2D eigenvalue weighted by Gasteiger charge is 2.40. The molecule has 0 N–H and O–H groups in total. The van der Waals surface area contributed by atoms with Gasteiger partial charge in [-0.05, 0) is 64.1 Å². The Kier molecular flexibility index (Phi) is 5.33. The van der Waals surface area contributed by atoms with Gasteiger partial charge in [-0.2, -0.15) is 0 Å². The Labute approximate surface area is 133 Å². The molecule has 2 rings (SSSR count). The highest BCUT2D eigenvalue weighted by atomic mass is 16.5. The molecule has 1 aromatic rings. The largest absolute Gasteiger partial charge is 0.466 e. The summed E-state index contributed by atoms with van der Waals surface area (Å²) in [7, 11) is 0. The van der Waals surface area contributed by atoms with Gasteiger partial charge in [0.1, 0.15) is 5.71 Å². The maximum Gasteiger partial charge on any atom is 0.327 e. The molecule has 0 spiro atoms. The monoisotopic (exact) mass is 303 g/mol. The fraction of sp³-hybridized carbons (Fsp3) is 0.611. The summed E-state index contributed by atoms with van der Waals surface area (Å²) in [6.07, 6.45) is 5.59. The number of carbonyl (C=O) groups excluding carboxylic acids is 1. The molecule has 0 amide bonds. The molecular formula is C18H27N2O2+. The van der Waals surface area contributed by atoms with Crippen molar-refractivity contribution in [1.29, 1.82) is 0 Å². The SMILES string of the molecule is CCOC(=O)CCCCC[n+]1cccc2c1N=C(C)C2(C)C. The Morgan fingerprint density at radius 1 is 1.32 bits per heavy atom. The summed E-state index contributed by atoms with van der Waals surface area (Å²) >= 11 is 0. The van der Waals surface area contributed by atoms with Crippen LogP contribution in [0.3, 0.4) is 0 Å². The number of esters is 1. The third-order valence-electron chi connectivity index (χ3n) is 4.48. The van der Waals surface area contributed by atoms with Gasteiger partial charge in [0.15, 0.2) is 0 Å². The zero-order valence-corrected chi connectivity index (χ0v) is 14.2. The van der Waals surface area contributed by atoms with E-state index >= 15 is 0 Å². The molecule has 1 aromatic heterocycles. The van der Waals surface area contributed by atoms with Crippen LogP contribution in [0.2, 0.25) is 0 Å². The first kappa shape index (κ1) is 16.7. The maximum atomic E-state index is 11.3. The first-order valence-electron chi connectivity index (χ1n) is 8.21. The quantitative estimate of drug-likeness (QED) is 0.440. The summed E-state index contributed by atoms with van der Waals surface area (Å²) in [5.41, 5.74) is 2.51. The van der Waals surface area contributed by atoms with Crippen LogP contribution < -0.4 is 4.57 Å². The lowest BCUT2D eigenvalue weighted by atomic mass is 9.83. The van der Waals surface area contributed by atoms with E-state index in [1.165, 1.54) is 11.3 Å². The van der Waals surface area contributed by atoms with Gasteiger partial charge in [-0.1, -0.05) is 0 Å². The minimum Gasteiger partial charge on any atom is -0.466 e. The zero-order valence-electron chi connectivity index (χ0n) is 14.2. The molecule has 0 unspecified atom stereocenters. The highest BCUT2D eigenvalue weighted by Crippen LogP contribution is 2.37. The van der Waals surface area contributed by atoms with E-state index in [1.807, 2.05) is 6.92 Å². The van der Waals surface area contributed by atoms with Gasteiger partial charge < -0.3 is 4.74 Å². The molecule has 0 saturated heterocycles. The van der Waals surface area contributed by atoms with Gasteiger partial charge in [0.05, 0.1) is 30.3 Å². The number of hydrogen-bond acceptors (Lipinski definition) is 3. The normalized spacial score (nSPS) is 15.4. The van der Waals surface area contributed by atoms with Gasteiger partial charge in [0, 0.05) is 6.42 Å². The molecule has 0 radical (unpaired) electrons. The predicted octanol–water partition coefficient (Wildman–Crippen LogP) is 3.48. The minimum absolute atomic E-state index is 0.0300.